The van der Waals surface area contributed by atoms with Gasteiger partial charge in [-0.3, -0.25) is 9.59 Å². The number of carbonyl (C=O) groups excluding carboxylic acids is 1. The minimum Gasteiger partial charge on any atom is -0.493 e. The van der Waals surface area contributed by atoms with Gasteiger partial charge in [-0.2, -0.15) is 0 Å². The topological polar surface area (TPSA) is 173 Å². The van der Waals surface area contributed by atoms with Crippen molar-refractivity contribution in [1.82, 2.24) is 5.32 Å². The van der Waals surface area contributed by atoms with E-state index in [2.05, 4.69) is 5.32 Å². The Bertz CT molecular complexity index is 1280. The molecule has 1 aliphatic heterocycles. The molecule has 5 N–H and O–H groups in total. The Morgan fingerprint density at radius 1 is 1.00 bits per heavy atom. The summed E-state index contributed by atoms with van der Waals surface area (Å²) >= 11 is 0. The molecular formula is C27H33NO11. The second-order valence-corrected chi connectivity index (χ2v) is 9.36. The SMILES string of the molecule is COc1c(O[C@H]2O[C@H](CO)[C@@H](O)[C@H](O)[C@H]2O)cc2c(c1OC)-c1ccc(OC)c(=O)cc1[C@H](NC(C)=O)CC2. The van der Waals surface area contributed by atoms with Crippen LogP contribution in [0.2, 0.25) is 0 Å². The van der Waals surface area contributed by atoms with Gasteiger partial charge in [0, 0.05) is 12.5 Å². The molecule has 0 spiro atoms. The number of aliphatic hydroxyl groups excluding tert-OH is 4. The third kappa shape index (κ3) is 5.38. The Labute approximate surface area is 224 Å². The Balaban J connectivity index is 1.89. The van der Waals surface area contributed by atoms with E-state index in [0.29, 0.717) is 29.5 Å². The van der Waals surface area contributed by atoms with Crippen LogP contribution in [0.1, 0.15) is 30.5 Å². The van der Waals surface area contributed by atoms with E-state index in [4.69, 9.17) is 23.7 Å². The number of rotatable bonds is 7. The molecule has 0 bridgehead atoms. The Hall–Kier alpha value is -3.42. The first-order valence-electron chi connectivity index (χ1n) is 12.4. The fourth-order valence-corrected chi connectivity index (χ4v) is 5.09. The number of benzene rings is 1. The molecule has 2 aromatic carbocycles. The van der Waals surface area contributed by atoms with Crippen molar-refractivity contribution < 1.29 is 48.9 Å². The largest absolute Gasteiger partial charge is 0.493 e. The van der Waals surface area contributed by atoms with Gasteiger partial charge in [0.05, 0.1) is 34.0 Å². The number of hydrogen-bond donors (Lipinski definition) is 5. The number of amides is 1. The summed E-state index contributed by atoms with van der Waals surface area (Å²) < 4.78 is 28.1. The minimum absolute atomic E-state index is 0.111. The van der Waals surface area contributed by atoms with Gasteiger partial charge in [0.2, 0.25) is 23.4 Å². The van der Waals surface area contributed by atoms with E-state index < -0.39 is 43.4 Å². The Morgan fingerprint density at radius 3 is 2.33 bits per heavy atom. The van der Waals surface area contributed by atoms with Gasteiger partial charge in [-0.25, -0.2) is 0 Å². The van der Waals surface area contributed by atoms with Crippen molar-refractivity contribution in [1.29, 1.82) is 0 Å². The van der Waals surface area contributed by atoms with Crippen LogP contribution >= 0.6 is 0 Å². The zero-order chi connectivity index (χ0) is 28.4. The number of aryl methyl sites for hydroxylation is 1. The summed E-state index contributed by atoms with van der Waals surface area (Å²) in [5.41, 5.74) is 2.15. The molecule has 6 atom stereocenters. The molecule has 2 aromatic rings. The van der Waals surface area contributed by atoms with Crippen molar-refractivity contribution in [2.24, 2.45) is 0 Å². The summed E-state index contributed by atoms with van der Waals surface area (Å²) in [4.78, 5) is 24.9. The van der Waals surface area contributed by atoms with Crippen LogP contribution in [0.4, 0.5) is 0 Å². The fourth-order valence-electron chi connectivity index (χ4n) is 5.09. The molecule has 0 aromatic heterocycles. The smallest absolute Gasteiger partial charge is 0.229 e. The molecule has 1 amide bonds. The summed E-state index contributed by atoms with van der Waals surface area (Å²) in [6.07, 6.45) is -6.56. The lowest BCUT2D eigenvalue weighted by atomic mass is 9.95. The lowest BCUT2D eigenvalue weighted by Crippen LogP contribution is -2.60. The highest BCUT2D eigenvalue weighted by Gasteiger charge is 2.45. The van der Waals surface area contributed by atoms with E-state index >= 15 is 0 Å². The zero-order valence-corrected chi connectivity index (χ0v) is 22.0. The van der Waals surface area contributed by atoms with Crippen molar-refractivity contribution in [3.63, 3.8) is 0 Å². The van der Waals surface area contributed by atoms with Gasteiger partial charge in [-0.1, -0.05) is 6.07 Å². The third-order valence-corrected chi connectivity index (χ3v) is 6.97. The summed E-state index contributed by atoms with van der Waals surface area (Å²) in [7, 11) is 4.23. The molecule has 0 saturated carbocycles. The highest BCUT2D eigenvalue weighted by Crippen LogP contribution is 2.50. The van der Waals surface area contributed by atoms with Crippen LogP contribution in [0.25, 0.3) is 11.1 Å². The summed E-state index contributed by atoms with van der Waals surface area (Å²) in [6.45, 7) is 0.786. The van der Waals surface area contributed by atoms with Crippen LogP contribution in [-0.4, -0.2) is 85.0 Å². The standard InChI is InChI=1S/C27H33NO11/c1-12(30)28-16-7-5-13-9-19(38-27-24(34)23(33)22(32)20(11-29)39-27)25(36-3)26(37-4)21(13)14-6-8-18(35-2)17(31)10-15(14)16/h6,8-10,16,20,22-24,27,29,32-34H,5,7,11H2,1-4H3,(H,28,30)/t16-,20-,22-,23+,24-,27+/m1/s1. The number of aliphatic hydroxyl groups is 4. The Kier molecular flexibility index (Phi) is 8.62. The number of nitrogens with one attached hydrogen (secondary N) is 1. The van der Waals surface area contributed by atoms with Gasteiger partial charge in [0.1, 0.15) is 24.4 Å². The zero-order valence-electron chi connectivity index (χ0n) is 22.0. The maximum absolute atomic E-state index is 12.9. The van der Waals surface area contributed by atoms with Gasteiger partial charge < -0.3 is 49.4 Å². The lowest BCUT2D eigenvalue weighted by molar-refractivity contribution is -0.277. The lowest BCUT2D eigenvalue weighted by Gasteiger charge is -2.39. The second-order valence-electron chi connectivity index (χ2n) is 9.36. The van der Waals surface area contributed by atoms with E-state index in [0.717, 1.165) is 5.56 Å². The highest BCUT2D eigenvalue weighted by atomic mass is 16.7. The molecule has 2 aliphatic rings. The first kappa shape index (κ1) is 28.6. The predicted molar refractivity (Wildman–Crippen MR) is 137 cm³/mol. The average molecular weight is 548 g/mol. The van der Waals surface area contributed by atoms with Crippen LogP contribution in [0, 0.1) is 0 Å². The molecular weight excluding hydrogens is 514 g/mol. The monoisotopic (exact) mass is 547 g/mol. The van der Waals surface area contributed by atoms with Crippen molar-refractivity contribution in [3.05, 3.63) is 45.6 Å². The van der Waals surface area contributed by atoms with Crippen LogP contribution in [-0.2, 0) is 16.0 Å². The first-order valence-corrected chi connectivity index (χ1v) is 12.4. The molecule has 1 aliphatic carbocycles. The van der Waals surface area contributed by atoms with E-state index in [-0.39, 0.29) is 34.3 Å². The highest BCUT2D eigenvalue weighted by molar-refractivity contribution is 5.83. The minimum atomic E-state index is -1.64. The molecule has 12 nitrogen and oxygen atoms in total. The molecule has 1 fully saturated rings. The van der Waals surface area contributed by atoms with Crippen LogP contribution in [0.5, 0.6) is 23.0 Å². The number of hydrogen-bond acceptors (Lipinski definition) is 11. The molecule has 212 valence electrons. The molecule has 0 unspecified atom stereocenters. The number of ether oxygens (including phenoxy) is 5. The van der Waals surface area contributed by atoms with Gasteiger partial charge in [0.15, 0.2) is 17.2 Å². The van der Waals surface area contributed by atoms with E-state index in [1.165, 1.54) is 34.3 Å². The fraction of sp³-hybridized carbons (Fsp3) is 0.481. The quantitative estimate of drug-likeness (QED) is 0.317. The van der Waals surface area contributed by atoms with Gasteiger partial charge >= 0.3 is 0 Å². The van der Waals surface area contributed by atoms with Crippen LogP contribution < -0.4 is 29.7 Å². The molecule has 0 radical (unpaired) electrons. The van der Waals surface area contributed by atoms with Gasteiger partial charge in [-0.05, 0) is 47.7 Å². The van der Waals surface area contributed by atoms with Gasteiger partial charge in [0.25, 0.3) is 0 Å². The number of fused-ring (bicyclic) bond motifs is 3. The van der Waals surface area contributed by atoms with E-state index in [9.17, 15) is 30.0 Å². The third-order valence-electron chi connectivity index (χ3n) is 6.97. The second kappa shape index (κ2) is 11.8. The number of methoxy groups -OCH3 is 3. The average Bonchev–Trinajstić information content (AvgIpc) is 3.16. The molecule has 1 heterocycles. The molecule has 1 saturated heterocycles. The Morgan fingerprint density at radius 2 is 1.72 bits per heavy atom. The van der Waals surface area contributed by atoms with Crippen molar-refractivity contribution in [2.45, 2.75) is 56.5 Å². The van der Waals surface area contributed by atoms with Crippen molar-refractivity contribution >= 4 is 5.91 Å². The summed E-state index contributed by atoms with van der Waals surface area (Å²) in [5, 5.41) is 43.3. The number of carbonyl (C=O) groups is 1. The first-order chi connectivity index (χ1) is 18.6. The normalized spacial score (nSPS) is 25.9. The van der Waals surface area contributed by atoms with E-state index in [1.807, 2.05) is 0 Å². The van der Waals surface area contributed by atoms with Crippen LogP contribution in [0.15, 0.2) is 29.1 Å². The molecule has 12 heteroatoms. The molecule has 4 rings (SSSR count). The van der Waals surface area contributed by atoms with Crippen LogP contribution in [0.3, 0.4) is 0 Å². The maximum atomic E-state index is 12.9. The summed E-state index contributed by atoms with van der Waals surface area (Å²) in [5.74, 6) is 0.368. The van der Waals surface area contributed by atoms with Gasteiger partial charge in [-0.15, -0.1) is 0 Å². The predicted octanol–water partition coefficient (Wildman–Crippen LogP) is 0.0417. The summed E-state index contributed by atoms with van der Waals surface area (Å²) in [6, 6.07) is 5.87. The van der Waals surface area contributed by atoms with E-state index in [1.54, 1.807) is 18.2 Å². The van der Waals surface area contributed by atoms with Crippen molar-refractivity contribution in [3.8, 4) is 34.1 Å². The maximum Gasteiger partial charge on any atom is 0.229 e. The van der Waals surface area contributed by atoms with Crippen molar-refractivity contribution in [2.75, 3.05) is 27.9 Å². The molecule has 39 heavy (non-hydrogen) atoms.